The fourth-order valence-corrected chi connectivity index (χ4v) is 7.33. The molecular formula is C37H35NO5S2. The van der Waals surface area contributed by atoms with E-state index in [1.165, 1.54) is 4.90 Å². The first-order valence-electron chi connectivity index (χ1n) is 14.9. The van der Waals surface area contributed by atoms with E-state index in [4.69, 9.17) is 9.47 Å². The summed E-state index contributed by atoms with van der Waals surface area (Å²) in [6.07, 6.45) is -0.0193. The van der Waals surface area contributed by atoms with Crippen molar-refractivity contribution in [2.75, 3.05) is 5.75 Å². The summed E-state index contributed by atoms with van der Waals surface area (Å²) in [6, 6.07) is 42.5. The zero-order chi connectivity index (χ0) is 31.1. The Morgan fingerprint density at radius 2 is 1.38 bits per heavy atom. The number of hydrogen-bond acceptors (Lipinski definition) is 6. The number of sulfonamides is 1. The van der Waals surface area contributed by atoms with Gasteiger partial charge in [0.15, 0.2) is 6.29 Å². The number of hydrogen-bond donors (Lipinski definition) is 2. The Labute approximate surface area is 269 Å². The fourth-order valence-electron chi connectivity index (χ4n) is 5.36. The second-order valence-electron chi connectivity index (χ2n) is 10.9. The average Bonchev–Trinajstić information content (AvgIpc) is 3.11. The molecule has 0 amide bonds. The van der Waals surface area contributed by atoms with Crippen molar-refractivity contribution in [1.82, 2.24) is 4.72 Å². The molecule has 6 rings (SSSR count). The fraction of sp³-hybridized carbons (Fsp3) is 0.189. The summed E-state index contributed by atoms with van der Waals surface area (Å²) >= 11 is 1.77. The molecule has 0 aromatic heterocycles. The van der Waals surface area contributed by atoms with Crippen LogP contribution in [-0.4, -0.2) is 25.4 Å². The molecule has 1 heterocycles. The van der Waals surface area contributed by atoms with Crippen LogP contribution < -0.4 is 4.72 Å². The van der Waals surface area contributed by atoms with Gasteiger partial charge >= 0.3 is 0 Å². The second-order valence-corrected chi connectivity index (χ2v) is 13.8. The molecule has 230 valence electrons. The minimum Gasteiger partial charge on any atom is -0.392 e. The van der Waals surface area contributed by atoms with Crippen molar-refractivity contribution < 1.29 is 23.0 Å². The Morgan fingerprint density at radius 3 is 2.09 bits per heavy atom. The molecule has 0 radical (unpaired) electrons. The predicted octanol–water partition coefficient (Wildman–Crippen LogP) is 7.66. The van der Waals surface area contributed by atoms with Gasteiger partial charge in [-0.25, -0.2) is 13.1 Å². The number of ether oxygens (including phenoxy) is 2. The second kappa shape index (κ2) is 14.6. The zero-order valence-corrected chi connectivity index (χ0v) is 26.3. The summed E-state index contributed by atoms with van der Waals surface area (Å²) in [6.45, 7) is 0.170. The van der Waals surface area contributed by atoms with E-state index in [1.54, 1.807) is 42.1 Å². The number of aliphatic hydroxyl groups excluding tert-OH is 1. The lowest BCUT2D eigenvalue weighted by molar-refractivity contribution is -0.245. The minimum atomic E-state index is -3.64. The number of nitrogens with one attached hydrogen (secondary N) is 1. The van der Waals surface area contributed by atoms with Crippen molar-refractivity contribution in [2.45, 2.75) is 47.9 Å². The maximum atomic E-state index is 12.8. The van der Waals surface area contributed by atoms with E-state index < -0.39 is 16.3 Å². The van der Waals surface area contributed by atoms with Gasteiger partial charge in [-0.05, 0) is 52.1 Å². The molecule has 1 fully saturated rings. The number of aliphatic hydroxyl groups is 1. The van der Waals surface area contributed by atoms with E-state index in [1.807, 2.05) is 91.0 Å². The number of thioether (sulfide) groups is 1. The van der Waals surface area contributed by atoms with E-state index in [0.29, 0.717) is 0 Å². The molecule has 5 aromatic rings. The molecule has 3 atom stereocenters. The maximum absolute atomic E-state index is 12.8. The third-order valence-electron chi connectivity index (χ3n) is 7.81. The van der Waals surface area contributed by atoms with Gasteiger partial charge in [-0.15, -0.1) is 11.8 Å². The van der Waals surface area contributed by atoms with Gasteiger partial charge in [0.2, 0.25) is 10.0 Å². The van der Waals surface area contributed by atoms with Crippen LogP contribution in [0.1, 0.15) is 41.1 Å². The smallest absolute Gasteiger partial charge is 0.240 e. The molecule has 5 aromatic carbocycles. The lowest BCUT2D eigenvalue weighted by Crippen LogP contribution is -2.31. The summed E-state index contributed by atoms with van der Waals surface area (Å²) in [5.74, 6) is 0.791. The van der Waals surface area contributed by atoms with Crippen LogP contribution in [0.25, 0.3) is 11.1 Å². The standard InChI is InChI=1S/C37H35NO5S2/c39-25-27-15-17-29(18-16-27)36-23-32(26-44-33-10-3-1-4-11-33)42-37(43-36)30-21-19-28(20-22-30)35-14-8-7-9-31(35)24-38-45(40,41)34-12-5-2-6-13-34/h1-22,32,36-39H,23-26H2/t32-,36+,37+/m1/s1. The quantitative estimate of drug-likeness (QED) is 0.145. The van der Waals surface area contributed by atoms with E-state index in [-0.39, 0.29) is 30.3 Å². The first-order valence-corrected chi connectivity index (χ1v) is 17.4. The zero-order valence-electron chi connectivity index (χ0n) is 24.7. The topological polar surface area (TPSA) is 84.9 Å². The van der Waals surface area contributed by atoms with Crippen LogP contribution in [0, 0.1) is 0 Å². The molecule has 1 saturated heterocycles. The van der Waals surface area contributed by atoms with E-state index in [0.717, 1.165) is 45.6 Å². The molecule has 0 bridgehead atoms. The highest BCUT2D eigenvalue weighted by Gasteiger charge is 2.32. The van der Waals surface area contributed by atoms with Crippen LogP contribution in [0.15, 0.2) is 143 Å². The molecule has 0 unspecified atom stereocenters. The van der Waals surface area contributed by atoms with Gasteiger partial charge in [0.05, 0.1) is 23.7 Å². The van der Waals surface area contributed by atoms with Gasteiger partial charge in [0.1, 0.15) is 0 Å². The Morgan fingerprint density at radius 1 is 0.733 bits per heavy atom. The van der Waals surface area contributed by atoms with Crippen molar-refractivity contribution in [3.05, 3.63) is 156 Å². The minimum absolute atomic E-state index is 0.00224. The van der Waals surface area contributed by atoms with Gasteiger partial charge in [0, 0.05) is 29.2 Å². The van der Waals surface area contributed by atoms with Crippen molar-refractivity contribution in [3.8, 4) is 11.1 Å². The predicted molar refractivity (Wildman–Crippen MR) is 178 cm³/mol. The SMILES string of the molecule is O=S(=O)(NCc1ccccc1-c1ccc([C@H]2O[C@@H](CSc3ccccc3)C[C@@H](c3ccc(CO)cc3)O2)cc1)c1ccccc1. The molecule has 2 N–H and O–H groups in total. The Bertz CT molecular complexity index is 1780. The Kier molecular flexibility index (Phi) is 10.1. The first-order chi connectivity index (χ1) is 22.0. The summed E-state index contributed by atoms with van der Waals surface area (Å²) < 4.78 is 41.5. The molecule has 0 saturated carbocycles. The Hall–Kier alpha value is -3.76. The third-order valence-corrected chi connectivity index (χ3v) is 10.4. The lowest BCUT2D eigenvalue weighted by atomic mass is 9.98. The first kappa shape index (κ1) is 31.2. The van der Waals surface area contributed by atoms with Crippen molar-refractivity contribution in [1.29, 1.82) is 0 Å². The van der Waals surface area contributed by atoms with Crippen molar-refractivity contribution in [3.63, 3.8) is 0 Å². The monoisotopic (exact) mass is 637 g/mol. The number of rotatable bonds is 11. The normalized spacial score (nSPS) is 18.5. The highest BCUT2D eigenvalue weighted by atomic mass is 32.2. The van der Waals surface area contributed by atoms with Crippen LogP contribution in [0.5, 0.6) is 0 Å². The molecule has 6 nitrogen and oxygen atoms in total. The molecule has 8 heteroatoms. The van der Waals surface area contributed by atoms with E-state index in [2.05, 4.69) is 16.9 Å². The van der Waals surface area contributed by atoms with Crippen LogP contribution >= 0.6 is 11.8 Å². The van der Waals surface area contributed by atoms with Crippen LogP contribution in [0.2, 0.25) is 0 Å². The average molecular weight is 638 g/mol. The highest BCUT2D eigenvalue weighted by Crippen LogP contribution is 2.40. The third kappa shape index (κ3) is 7.91. The molecular weight excluding hydrogens is 603 g/mol. The summed E-state index contributed by atoms with van der Waals surface area (Å²) in [7, 11) is -3.64. The van der Waals surface area contributed by atoms with Crippen LogP contribution in [-0.2, 0) is 32.6 Å². The van der Waals surface area contributed by atoms with E-state index >= 15 is 0 Å². The Balaban J connectivity index is 1.20. The van der Waals surface area contributed by atoms with Gasteiger partial charge in [-0.3, -0.25) is 0 Å². The maximum Gasteiger partial charge on any atom is 0.240 e. The number of benzene rings is 5. The molecule has 0 aliphatic carbocycles. The summed E-state index contributed by atoms with van der Waals surface area (Å²) in [5.41, 5.74) is 5.62. The molecule has 1 aliphatic rings. The van der Waals surface area contributed by atoms with E-state index in [9.17, 15) is 13.5 Å². The molecule has 45 heavy (non-hydrogen) atoms. The summed E-state index contributed by atoms with van der Waals surface area (Å²) in [4.78, 5) is 1.43. The lowest BCUT2D eigenvalue weighted by Gasteiger charge is -2.36. The van der Waals surface area contributed by atoms with Crippen molar-refractivity contribution in [2.24, 2.45) is 0 Å². The molecule has 1 aliphatic heterocycles. The van der Waals surface area contributed by atoms with Gasteiger partial charge in [0.25, 0.3) is 0 Å². The summed E-state index contributed by atoms with van der Waals surface area (Å²) in [5, 5.41) is 9.50. The van der Waals surface area contributed by atoms with Crippen LogP contribution in [0.4, 0.5) is 0 Å². The van der Waals surface area contributed by atoms with Crippen LogP contribution in [0.3, 0.4) is 0 Å². The molecule has 0 spiro atoms. The van der Waals surface area contributed by atoms with Gasteiger partial charge < -0.3 is 14.6 Å². The van der Waals surface area contributed by atoms with Gasteiger partial charge in [-0.2, -0.15) is 0 Å². The van der Waals surface area contributed by atoms with Gasteiger partial charge in [-0.1, -0.05) is 109 Å². The van der Waals surface area contributed by atoms with Crippen molar-refractivity contribution >= 4 is 21.8 Å². The largest absolute Gasteiger partial charge is 0.392 e. The highest BCUT2D eigenvalue weighted by molar-refractivity contribution is 7.99.